The van der Waals surface area contributed by atoms with Crippen LogP contribution in [0.2, 0.25) is 0 Å². The number of piperazine rings is 1. The first kappa shape index (κ1) is 17.8. The average Bonchev–Trinajstić information content (AvgIpc) is 3.19. The maximum atomic E-state index is 13.4. The van der Waals surface area contributed by atoms with E-state index in [4.69, 9.17) is 0 Å². The number of nitrogens with zero attached hydrogens (tertiary/aromatic N) is 3. The smallest absolute Gasteiger partial charge is 0.123 e. The number of aromatic nitrogens is 2. The third kappa shape index (κ3) is 4.23. The van der Waals surface area contributed by atoms with Crippen LogP contribution >= 0.6 is 0 Å². The summed E-state index contributed by atoms with van der Waals surface area (Å²) < 4.78 is 26.8. The second kappa shape index (κ2) is 7.98. The summed E-state index contributed by atoms with van der Waals surface area (Å²) in [5, 5.41) is 0. The molecule has 0 bridgehead atoms. The number of imidazole rings is 1. The Kier molecular flexibility index (Phi) is 5.27. The summed E-state index contributed by atoms with van der Waals surface area (Å²) in [5.41, 5.74) is 2.03. The molecule has 6 heteroatoms. The van der Waals surface area contributed by atoms with Crippen molar-refractivity contribution in [1.29, 1.82) is 0 Å². The molecule has 0 atom stereocenters. The van der Waals surface area contributed by atoms with E-state index in [9.17, 15) is 8.78 Å². The molecule has 0 amide bonds. The molecule has 0 unspecified atom stereocenters. The molecule has 1 saturated heterocycles. The Morgan fingerprint density at radius 3 is 1.89 bits per heavy atom. The summed E-state index contributed by atoms with van der Waals surface area (Å²) in [5.74, 6) is 0.469. The van der Waals surface area contributed by atoms with E-state index < -0.39 is 0 Å². The van der Waals surface area contributed by atoms with E-state index in [0.29, 0.717) is 0 Å². The van der Waals surface area contributed by atoms with Gasteiger partial charge in [0.25, 0.3) is 0 Å². The Hall–Kier alpha value is -2.57. The van der Waals surface area contributed by atoms with Crippen LogP contribution in [-0.4, -0.2) is 45.9 Å². The molecule has 1 aliphatic rings. The number of halogens is 2. The van der Waals surface area contributed by atoms with Crippen LogP contribution in [0.25, 0.3) is 0 Å². The fraction of sp³-hybridized carbons (Fsp3) is 0.286. The van der Waals surface area contributed by atoms with Crippen molar-refractivity contribution in [1.82, 2.24) is 19.8 Å². The molecule has 1 N–H and O–H groups in total. The molecule has 4 nitrogen and oxygen atoms in total. The van der Waals surface area contributed by atoms with E-state index in [0.717, 1.165) is 49.7 Å². The van der Waals surface area contributed by atoms with Crippen LogP contribution in [0, 0.1) is 11.6 Å². The molecule has 27 heavy (non-hydrogen) atoms. The highest BCUT2D eigenvalue weighted by atomic mass is 19.1. The van der Waals surface area contributed by atoms with Gasteiger partial charge in [0.05, 0.1) is 12.6 Å². The highest BCUT2D eigenvalue weighted by Crippen LogP contribution is 2.30. The average molecular weight is 368 g/mol. The number of nitrogens with one attached hydrogen (secondary N) is 1. The van der Waals surface area contributed by atoms with Crippen LogP contribution < -0.4 is 0 Å². The van der Waals surface area contributed by atoms with E-state index in [1.165, 1.54) is 24.3 Å². The molecule has 3 aromatic rings. The Morgan fingerprint density at radius 2 is 1.41 bits per heavy atom. The van der Waals surface area contributed by atoms with Crippen molar-refractivity contribution < 1.29 is 8.78 Å². The third-order valence-corrected chi connectivity index (χ3v) is 5.07. The van der Waals surface area contributed by atoms with Crippen molar-refractivity contribution >= 4 is 0 Å². The molecule has 1 fully saturated rings. The predicted octanol–water partition coefficient (Wildman–Crippen LogP) is 3.60. The second-order valence-corrected chi connectivity index (χ2v) is 6.85. The molecule has 4 rings (SSSR count). The standard InChI is InChI=1S/C21H22F2N4/c22-18-5-1-16(2-6-18)21(17-3-7-19(23)8-4-17)27-13-11-26(12-14-27)15-20-24-9-10-25-20/h1-10,21H,11-15H2,(H,24,25). The highest BCUT2D eigenvalue weighted by molar-refractivity contribution is 5.32. The molecule has 2 aromatic carbocycles. The maximum Gasteiger partial charge on any atom is 0.123 e. The zero-order chi connectivity index (χ0) is 18.6. The number of hydrogen-bond donors (Lipinski definition) is 1. The molecule has 0 radical (unpaired) electrons. The molecule has 0 spiro atoms. The van der Waals surface area contributed by atoms with Gasteiger partial charge in [-0.3, -0.25) is 9.80 Å². The summed E-state index contributed by atoms with van der Waals surface area (Å²) in [6.07, 6.45) is 3.61. The number of hydrogen-bond acceptors (Lipinski definition) is 3. The van der Waals surface area contributed by atoms with Crippen molar-refractivity contribution in [2.45, 2.75) is 12.6 Å². The molecular formula is C21H22F2N4. The lowest BCUT2D eigenvalue weighted by Crippen LogP contribution is -2.47. The lowest BCUT2D eigenvalue weighted by molar-refractivity contribution is 0.103. The molecular weight excluding hydrogens is 346 g/mol. The van der Waals surface area contributed by atoms with Gasteiger partial charge < -0.3 is 4.98 Å². The van der Waals surface area contributed by atoms with E-state index in [1.807, 2.05) is 30.5 Å². The first-order valence-corrected chi connectivity index (χ1v) is 9.14. The quantitative estimate of drug-likeness (QED) is 0.747. The van der Waals surface area contributed by atoms with Crippen molar-refractivity contribution in [3.05, 3.63) is 89.5 Å². The van der Waals surface area contributed by atoms with E-state index in [2.05, 4.69) is 19.8 Å². The maximum absolute atomic E-state index is 13.4. The van der Waals surface area contributed by atoms with Gasteiger partial charge in [0.1, 0.15) is 17.5 Å². The Bertz CT molecular complexity index is 793. The van der Waals surface area contributed by atoms with Gasteiger partial charge in [0.2, 0.25) is 0 Å². The monoisotopic (exact) mass is 368 g/mol. The van der Waals surface area contributed by atoms with Gasteiger partial charge in [0, 0.05) is 38.6 Å². The zero-order valence-electron chi connectivity index (χ0n) is 15.0. The Labute approximate surface area is 157 Å². The van der Waals surface area contributed by atoms with Crippen LogP contribution in [0.3, 0.4) is 0 Å². The third-order valence-electron chi connectivity index (χ3n) is 5.07. The topological polar surface area (TPSA) is 35.2 Å². The fourth-order valence-electron chi connectivity index (χ4n) is 3.68. The molecule has 1 aromatic heterocycles. The van der Waals surface area contributed by atoms with Gasteiger partial charge in [-0.15, -0.1) is 0 Å². The van der Waals surface area contributed by atoms with E-state index in [-0.39, 0.29) is 17.7 Å². The largest absolute Gasteiger partial charge is 0.348 e. The summed E-state index contributed by atoms with van der Waals surface area (Å²) in [7, 11) is 0. The molecule has 0 aliphatic carbocycles. The molecule has 1 aliphatic heterocycles. The number of benzene rings is 2. The van der Waals surface area contributed by atoms with Gasteiger partial charge in [-0.2, -0.15) is 0 Å². The van der Waals surface area contributed by atoms with Crippen molar-refractivity contribution in [2.75, 3.05) is 26.2 Å². The minimum absolute atomic E-state index is 0.0167. The van der Waals surface area contributed by atoms with Crippen molar-refractivity contribution in [2.24, 2.45) is 0 Å². The van der Waals surface area contributed by atoms with Gasteiger partial charge in [-0.25, -0.2) is 13.8 Å². The predicted molar refractivity (Wildman–Crippen MR) is 100 cm³/mol. The van der Waals surface area contributed by atoms with Crippen LogP contribution in [-0.2, 0) is 6.54 Å². The minimum atomic E-state index is -0.250. The van der Waals surface area contributed by atoms with Gasteiger partial charge in [-0.05, 0) is 35.4 Å². The van der Waals surface area contributed by atoms with Crippen molar-refractivity contribution in [3.63, 3.8) is 0 Å². The fourth-order valence-corrected chi connectivity index (χ4v) is 3.68. The van der Waals surface area contributed by atoms with Crippen LogP contribution in [0.15, 0.2) is 60.9 Å². The van der Waals surface area contributed by atoms with Gasteiger partial charge >= 0.3 is 0 Å². The lowest BCUT2D eigenvalue weighted by atomic mass is 9.96. The molecule has 2 heterocycles. The normalized spacial score (nSPS) is 16.1. The van der Waals surface area contributed by atoms with Crippen LogP contribution in [0.4, 0.5) is 8.78 Å². The first-order chi connectivity index (χ1) is 13.2. The van der Waals surface area contributed by atoms with Crippen molar-refractivity contribution in [3.8, 4) is 0 Å². The van der Waals surface area contributed by atoms with E-state index in [1.54, 1.807) is 6.20 Å². The number of rotatable bonds is 5. The Balaban J connectivity index is 1.52. The minimum Gasteiger partial charge on any atom is -0.348 e. The van der Waals surface area contributed by atoms with Gasteiger partial charge in [-0.1, -0.05) is 24.3 Å². The summed E-state index contributed by atoms with van der Waals surface area (Å²) >= 11 is 0. The van der Waals surface area contributed by atoms with Crippen LogP contribution in [0.5, 0.6) is 0 Å². The zero-order valence-corrected chi connectivity index (χ0v) is 15.0. The first-order valence-electron chi connectivity index (χ1n) is 9.14. The number of aromatic amines is 1. The summed E-state index contributed by atoms with van der Waals surface area (Å²) in [6, 6.07) is 13.2. The lowest BCUT2D eigenvalue weighted by Gasteiger charge is -2.39. The van der Waals surface area contributed by atoms with Gasteiger partial charge in [0.15, 0.2) is 0 Å². The number of H-pyrrole nitrogens is 1. The second-order valence-electron chi connectivity index (χ2n) is 6.85. The molecule has 140 valence electrons. The SMILES string of the molecule is Fc1ccc(C(c2ccc(F)cc2)N2CCN(Cc3ncc[nH]3)CC2)cc1. The van der Waals surface area contributed by atoms with Crippen LogP contribution in [0.1, 0.15) is 23.0 Å². The van der Waals surface area contributed by atoms with E-state index >= 15 is 0 Å². The highest BCUT2D eigenvalue weighted by Gasteiger charge is 2.26. The summed E-state index contributed by atoms with van der Waals surface area (Å²) in [6.45, 7) is 4.39. The summed E-state index contributed by atoms with van der Waals surface area (Å²) in [4.78, 5) is 12.2. The Morgan fingerprint density at radius 1 is 0.852 bits per heavy atom. The molecule has 0 saturated carbocycles.